The molecule has 5 nitrogen and oxygen atoms in total. The van der Waals surface area contributed by atoms with Gasteiger partial charge in [0.15, 0.2) is 5.25 Å². The van der Waals surface area contributed by atoms with E-state index in [1.54, 1.807) is 6.92 Å². The molecule has 1 rings (SSSR count). The van der Waals surface area contributed by atoms with Crippen molar-refractivity contribution < 1.29 is 17.8 Å². The summed E-state index contributed by atoms with van der Waals surface area (Å²) < 4.78 is 31.8. The summed E-state index contributed by atoms with van der Waals surface area (Å²) in [6.07, 6.45) is 0.531. The largest absolute Gasteiger partial charge is 0.707 e. The fourth-order valence-corrected chi connectivity index (χ4v) is 4.98. The molecule has 2 atom stereocenters. The second-order valence-corrected chi connectivity index (χ2v) is 7.16. The van der Waals surface area contributed by atoms with Gasteiger partial charge in [-0.05, 0) is 6.42 Å². The zero-order valence-corrected chi connectivity index (χ0v) is 8.07. The van der Waals surface area contributed by atoms with E-state index in [-0.39, 0.29) is 5.25 Å². The van der Waals surface area contributed by atoms with E-state index >= 15 is 0 Å². The minimum atomic E-state index is -4.45. The Hall–Kier alpha value is -0.270. The minimum absolute atomic E-state index is 0.305. The molecule has 0 bridgehead atoms. The van der Waals surface area contributed by atoms with Gasteiger partial charge in [-0.3, -0.25) is 0 Å². The molecule has 0 aromatic rings. The van der Waals surface area contributed by atoms with Gasteiger partial charge >= 0.3 is 5.24 Å². The quantitative estimate of drug-likeness (QED) is 0.381. The fraction of sp³-hybridized carbons (Fsp3) is 0.800. The molecule has 1 heterocycles. The van der Waals surface area contributed by atoms with Crippen LogP contribution < -0.4 is 5.32 Å². The summed E-state index contributed by atoms with van der Waals surface area (Å²) >= 11 is 0. The average Bonchev–Trinajstić information content (AvgIpc) is 2.29. The van der Waals surface area contributed by atoms with E-state index in [2.05, 4.69) is 5.32 Å². The second-order valence-electron chi connectivity index (χ2n) is 2.40. The Morgan fingerprint density at radius 2 is 2.33 bits per heavy atom. The van der Waals surface area contributed by atoms with Gasteiger partial charge in [0.05, 0.1) is 6.54 Å². The van der Waals surface area contributed by atoms with E-state index in [1.165, 1.54) is 0 Å². The third-order valence-electron chi connectivity index (χ3n) is 1.63. The molecule has 1 aliphatic heterocycles. The predicted octanol–water partition coefficient (Wildman–Crippen LogP) is -0.433. The van der Waals surface area contributed by atoms with Gasteiger partial charge in [0.2, 0.25) is 9.93 Å². The Morgan fingerprint density at radius 1 is 1.75 bits per heavy atom. The van der Waals surface area contributed by atoms with Crippen LogP contribution in [-0.4, -0.2) is 30.0 Å². The molecular formula is C5H9NO4S2. The van der Waals surface area contributed by atoms with E-state index in [9.17, 15) is 17.8 Å². The molecule has 0 aromatic heterocycles. The van der Waals surface area contributed by atoms with Crippen molar-refractivity contribution in [2.24, 2.45) is 0 Å². The van der Waals surface area contributed by atoms with Crippen molar-refractivity contribution in [1.29, 1.82) is 0 Å². The zero-order valence-electron chi connectivity index (χ0n) is 6.44. The van der Waals surface area contributed by atoms with Crippen LogP contribution in [0.2, 0.25) is 0 Å². The van der Waals surface area contributed by atoms with E-state index in [0.717, 1.165) is 0 Å². The first kappa shape index (κ1) is 9.82. The number of rotatable bonds is 2. The van der Waals surface area contributed by atoms with Crippen LogP contribution in [0.25, 0.3) is 0 Å². The Morgan fingerprint density at radius 3 is 2.67 bits per heavy atom. The van der Waals surface area contributed by atoms with Crippen molar-refractivity contribution in [1.82, 2.24) is 5.32 Å². The summed E-state index contributed by atoms with van der Waals surface area (Å²) in [4.78, 5) is 10.9. The molecule has 0 saturated carbocycles. The number of carbonyl (C=O) groups excluding carboxylic acids is 1. The van der Waals surface area contributed by atoms with E-state index in [0.29, 0.717) is 13.0 Å². The molecule has 0 aromatic carbocycles. The molecule has 1 N–H and O–H groups in total. The van der Waals surface area contributed by atoms with Crippen molar-refractivity contribution >= 4 is 24.3 Å². The van der Waals surface area contributed by atoms with Gasteiger partial charge < -0.3 is 9.87 Å². The Balaban J connectivity index is 2.93. The fourth-order valence-electron chi connectivity index (χ4n) is 1.05. The lowest BCUT2D eigenvalue weighted by Gasteiger charge is -2.06. The van der Waals surface area contributed by atoms with Crippen LogP contribution in [-0.2, 0) is 19.1 Å². The number of amides is 1. The summed E-state index contributed by atoms with van der Waals surface area (Å²) in [7, 11) is -6.11. The minimum Gasteiger partial charge on any atom is -0.707 e. The highest BCUT2D eigenvalue weighted by Gasteiger charge is 2.49. The van der Waals surface area contributed by atoms with Gasteiger partial charge in [-0.15, -0.1) is 0 Å². The summed E-state index contributed by atoms with van der Waals surface area (Å²) in [6, 6.07) is 0. The van der Waals surface area contributed by atoms with Crippen molar-refractivity contribution in [2.75, 3.05) is 6.54 Å². The molecular weight excluding hydrogens is 202 g/mol. The molecule has 0 spiro atoms. The zero-order chi connectivity index (χ0) is 9.35. The number of nitrogens with one attached hydrogen (secondary N) is 1. The van der Waals surface area contributed by atoms with Gasteiger partial charge in [-0.2, -0.15) is 8.42 Å². The number of hydrogen-bond donors (Lipinski definition) is 1. The highest BCUT2D eigenvalue weighted by Crippen LogP contribution is 2.21. The van der Waals surface area contributed by atoms with Gasteiger partial charge in [-0.25, -0.2) is 4.79 Å². The van der Waals surface area contributed by atoms with E-state index < -0.39 is 24.3 Å². The SMILES string of the molecule is CCC1CNC(=O)[S+]1S(=O)(=O)[O-]. The lowest BCUT2D eigenvalue weighted by atomic mass is 10.3. The van der Waals surface area contributed by atoms with Crippen LogP contribution in [0, 0.1) is 0 Å². The maximum atomic E-state index is 10.9. The van der Waals surface area contributed by atoms with Crippen LogP contribution in [0.3, 0.4) is 0 Å². The van der Waals surface area contributed by atoms with Crippen LogP contribution in [0.4, 0.5) is 4.79 Å². The topological polar surface area (TPSA) is 86.3 Å². The lowest BCUT2D eigenvalue weighted by molar-refractivity contribution is 0.262. The van der Waals surface area contributed by atoms with Crippen molar-refractivity contribution in [3.63, 3.8) is 0 Å². The summed E-state index contributed by atoms with van der Waals surface area (Å²) in [5, 5.41) is 1.41. The summed E-state index contributed by atoms with van der Waals surface area (Å²) in [5.41, 5.74) is 0. The predicted molar refractivity (Wildman–Crippen MR) is 44.5 cm³/mol. The highest BCUT2D eigenvalue weighted by atomic mass is 33.2. The molecule has 2 unspecified atom stereocenters. The number of carbonyl (C=O) groups is 1. The molecule has 1 fully saturated rings. The third kappa shape index (κ3) is 1.73. The molecule has 1 amide bonds. The van der Waals surface area contributed by atoms with Crippen LogP contribution in [0.5, 0.6) is 0 Å². The number of hydrogen-bond acceptors (Lipinski definition) is 4. The molecule has 12 heavy (non-hydrogen) atoms. The maximum absolute atomic E-state index is 10.9. The van der Waals surface area contributed by atoms with Gasteiger partial charge in [-0.1, -0.05) is 6.92 Å². The van der Waals surface area contributed by atoms with E-state index in [1.807, 2.05) is 0 Å². The Labute approximate surface area is 73.0 Å². The van der Waals surface area contributed by atoms with Crippen molar-refractivity contribution in [3.8, 4) is 0 Å². The monoisotopic (exact) mass is 211 g/mol. The van der Waals surface area contributed by atoms with Crippen LogP contribution in [0.1, 0.15) is 13.3 Å². The second kappa shape index (κ2) is 3.23. The Kier molecular flexibility index (Phi) is 2.64. The molecule has 0 aliphatic carbocycles. The highest BCUT2D eigenvalue weighted by molar-refractivity contribution is 8.73. The first-order valence-electron chi connectivity index (χ1n) is 3.44. The third-order valence-corrected chi connectivity index (χ3v) is 6.28. The van der Waals surface area contributed by atoms with Crippen LogP contribution in [0.15, 0.2) is 0 Å². The first-order chi connectivity index (χ1) is 5.46. The van der Waals surface area contributed by atoms with Crippen molar-refractivity contribution in [3.05, 3.63) is 0 Å². The first-order valence-corrected chi connectivity index (χ1v) is 6.65. The molecule has 70 valence electrons. The standard InChI is InChI=1S/C5H9NO4S2/c1-2-4-3-6-5(7)11(4)12(8,9)10/h4H,2-3H2,1H3,(H-,6,7,8,9,10). The van der Waals surface area contributed by atoms with Crippen molar-refractivity contribution in [2.45, 2.75) is 18.6 Å². The van der Waals surface area contributed by atoms with E-state index in [4.69, 9.17) is 0 Å². The average molecular weight is 211 g/mol. The van der Waals surface area contributed by atoms with Gasteiger partial charge in [0.25, 0.3) is 9.15 Å². The van der Waals surface area contributed by atoms with Gasteiger partial charge in [0.1, 0.15) is 0 Å². The summed E-state index contributed by atoms with van der Waals surface area (Å²) in [5.74, 6) is 0. The maximum Gasteiger partial charge on any atom is 0.446 e. The summed E-state index contributed by atoms with van der Waals surface area (Å²) in [6.45, 7) is 2.07. The molecule has 0 radical (unpaired) electrons. The molecule has 7 heteroatoms. The molecule has 1 saturated heterocycles. The smallest absolute Gasteiger partial charge is 0.446 e. The molecule has 1 aliphatic rings. The lowest BCUT2D eigenvalue weighted by Crippen LogP contribution is -2.28. The Bertz CT molecular complexity index is 286. The normalized spacial score (nSPS) is 30.3. The van der Waals surface area contributed by atoms with Gasteiger partial charge in [0, 0.05) is 0 Å². The van der Waals surface area contributed by atoms with Crippen LogP contribution >= 0.6 is 0 Å².